The zero-order valence-electron chi connectivity index (χ0n) is 13.1. The Morgan fingerprint density at radius 2 is 2.14 bits per heavy atom. The Balaban J connectivity index is 1.60. The lowest BCUT2D eigenvalue weighted by Crippen LogP contribution is -2.26. The summed E-state index contributed by atoms with van der Waals surface area (Å²) in [6, 6.07) is 5.85. The molecule has 0 saturated carbocycles. The van der Waals surface area contributed by atoms with Crippen molar-refractivity contribution in [3.63, 3.8) is 0 Å². The van der Waals surface area contributed by atoms with Gasteiger partial charge in [-0.25, -0.2) is 0 Å². The third-order valence-electron chi connectivity index (χ3n) is 4.34. The maximum Gasteiger partial charge on any atom is 0.228 e. The summed E-state index contributed by atoms with van der Waals surface area (Å²) < 4.78 is 11.4. The minimum atomic E-state index is 0.0819. The largest absolute Gasteiger partial charge is 0.490 e. The molecule has 22 heavy (non-hydrogen) atoms. The van der Waals surface area contributed by atoms with Crippen LogP contribution < -0.4 is 15.4 Å². The molecule has 0 spiro atoms. The predicted molar refractivity (Wildman–Crippen MR) is 85.3 cm³/mol. The van der Waals surface area contributed by atoms with E-state index in [1.165, 1.54) is 0 Å². The van der Waals surface area contributed by atoms with Gasteiger partial charge < -0.3 is 20.1 Å². The van der Waals surface area contributed by atoms with Gasteiger partial charge in [0.15, 0.2) is 0 Å². The molecule has 0 aliphatic carbocycles. The van der Waals surface area contributed by atoms with Crippen LogP contribution in [-0.2, 0) is 9.53 Å². The molecule has 1 aromatic rings. The number of rotatable bonds is 4. The molecular formula is C17H24N2O3. The second kappa shape index (κ2) is 7.11. The molecule has 1 atom stereocenters. The summed E-state index contributed by atoms with van der Waals surface area (Å²) in [7, 11) is 0. The number of nitrogens with one attached hydrogen (secondary N) is 2. The minimum absolute atomic E-state index is 0.0819. The molecule has 5 nitrogen and oxygen atoms in total. The molecule has 0 aromatic heterocycles. The Morgan fingerprint density at radius 3 is 2.82 bits per heavy atom. The summed E-state index contributed by atoms with van der Waals surface area (Å²) in [5.41, 5.74) is 1.89. The first-order chi connectivity index (χ1) is 10.7. The van der Waals surface area contributed by atoms with Gasteiger partial charge >= 0.3 is 0 Å². The van der Waals surface area contributed by atoms with Crippen molar-refractivity contribution >= 4 is 11.6 Å². The van der Waals surface area contributed by atoms with Crippen molar-refractivity contribution in [2.45, 2.75) is 32.3 Å². The summed E-state index contributed by atoms with van der Waals surface area (Å²) in [4.78, 5) is 12.1. The first-order valence-electron chi connectivity index (χ1n) is 8.09. The third-order valence-corrected chi connectivity index (χ3v) is 4.34. The van der Waals surface area contributed by atoms with Crippen molar-refractivity contribution < 1.29 is 14.3 Å². The van der Waals surface area contributed by atoms with E-state index in [0.29, 0.717) is 0 Å². The van der Waals surface area contributed by atoms with E-state index in [2.05, 4.69) is 10.6 Å². The van der Waals surface area contributed by atoms with Gasteiger partial charge in [-0.2, -0.15) is 0 Å². The second-order valence-electron chi connectivity index (χ2n) is 6.09. The number of carbonyl (C=O) groups is 1. The number of ether oxygens (including phenoxy) is 2. The third kappa shape index (κ3) is 3.78. The Bertz CT molecular complexity index is 521. The van der Waals surface area contributed by atoms with E-state index in [1.807, 2.05) is 25.1 Å². The number of hydrogen-bond acceptors (Lipinski definition) is 4. The Kier molecular flexibility index (Phi) is 4.95. The smallest absolute Gasteiger partial charge is 0.228 e. The zero-order chi connectivity index (χ0) is 15.4. The van der Waals surface area contributed by atoms with Crippen molar-refractivity contribution in [1.82, 2.24) is 5.32 Å². The molecule has 5 heteroatoms. The highest BCUT2D eigenvalue weighted by Crippen LogP contribution is 2.25. The lowest BCUT2D eigenvalue weighted by molar-refractivity contribution is -0.119. The number of anilines is 1. The quantitative estimate of drug-likeness (QED) is 0.894. The average molecular weight is 304 g/mol. The van der Waals surface area contributed by atoms with Crippen LogP contribution in [0.4, 0.5) is 5.69 Å². The van der Waals surface area contributed by atoms with Gasteiger partial charge in [-0.05, 0) is 43.7 Å². The van der Waals surface area contributed by atoms with Gasteiger partial charge in [0.05, 0.1) is 19.1 Å². The van der Waals surface area contributed by atoms with Gasteiger partial charge in [0.1, 0.15) is 11.9 Å². The number of hydrogen-bond donors (Lipinski definition) is 2. The number of amides is 1. The molecule has 2 saturated heterocycles. The van der Waals surface area contributed by atoms with Crippen LogP contribution in [0.5, 0.6) is 5.75 Å². The highest BCUT2D eigenvalue weighted by atomic mass is 16.5. The summed E-state index contributed by atoms with van der Waals surface area (Å²) in [6.45, 7) is 5.26. The molecular weight excluding hydrogens is 280 g/mol. The van der Waals surface area contributed by atoms with Crippen molar-refractivity contribution in [2.24, 2.45) is 5.92 Å². The Labute approximate surface area is 131 Å². The fourth-order valence-corrected chi connectivity index (χ4v) is 2.96. The lowest BCUT2D eigenvalue weighted by atomic mass is 10.1. The molecule has 120 valence electrons. The molecule has 1 aromatic carbocycles. The van der Waals surface area contributed by atoms with E-state index in [-0.39, 0.29) is 17.9 Å². The zero-order valence-corrected chi connectivity index (χ0v) is 13.1. The molecule has 0 radical (unpaired) electrons. The van der Waals surface area contributed by atoms with E-state index in [9.17, 15) is 4.79 Å². The van der Waals surface area contributed by atoms with Crippen LogP contribution in [0.2, 0.25) is 0 Å². The maximum atomic E-state index is 12.1. The van der Waals surface area contributed by atoms with Gasteiger partial charge in [0.25, 0.3) is 0 Å². The van der Waals surface area contributed by atoms with Crippen LogP contribution in [0.25, 0.3) is 0 Å². The van der Waals surface area contributed by atoms with Crippen molar-refractivity contribution in [3.8, 4) is 5.75 Å². The topological polar surface area (TPSA) is 59.6 Å². The van der Waals surface area contributed by atoms with Crippen LogP contribution in [0.3, 0.4) is 0 Å². The molecule has 2 fully saturated rings. The van der Waals surface area contributed by atoms with Gasteiger partial charge in [-0.15, -0.1) is 0 Å². The van der Waals surface area contributed by atoms with Crippen molar-refractivity contribution in [3.05, 3.63) is 23.8 Å². The van der Waals surface area contributed by atoms with Gasteiger partial charge in [-0.3, -0.25) is 4.79 Å². The summed E-state index contributed by atoms with van der Waals surface area (Å²) in [6.07, 6.45) is 3.02. The van der Waals surface area contributed by atoms with Gasteiger partial charge in [0, 0.05) is 25.1 Å². The van der Waals surface area contributed by atoms with E-state index < -0.39 is 0 Å². The predicted octanol–water partition coefficient (Wildman–Crippen LogP) is 2.10. The molecule has 2 N–H and O–H groups in total. The van der Waals surface area contributed by atoms with E-state index in [1.54, 1.807) is 0 Å². The monoisotopic (exact) mass is 304 g/mol. The molecule has 3 rings (SSSR count). The van der Waals surface area contributed by atoms with E-state index in [4.69, 9.17) is 9.47 Å². The number of benzene rings is 1. The number of carbonyl (C=O) groups excluding carboxylic acids is 1. The standard InChI is InChI=1S/C17H24N2O3/c1-12-10-14(19-17(20)13-4-7-18-11-13)2-3-16(12)22-15-5-8-21-9-6-15/h2-3,10,13,15,18H,4-9,11H2,1H3,(H,19,20). The summed E-state index contributed by atoms with van der Waals surface area (Å²) in [5, 5.41) is 6.21. The van der Waals surface area contributed by atoms with E-state index in [0.717, 1.165) is 62.6 Å². The number of aryl methyl sites for hydroxylation is 1. The van der Waals surface area contributed by atoms with E-state index >= 15 is 0 Å². The van der Waals surface area contributed by atoms with Crippen LogP contribution >= 0.6 is 0 Å². The Hall–Kier alpha value is -1.59. The van der Waals surface area contributed by atoms with Crippen LogP contribution in [0, 0.1) is 12.8 Å². The van der Waals surface area contributed by atoms with Crippen LogP contribution in [0.15, 0.2) is 18.2 Å². The molecule has 1 amide bonds. The second-order valence-corrected chi connectivity index (χ2v) is 6.09. The first-order valence-corrected chi connectivity index (χ1v) is 8.09. The van der Waals surface area contributed by atoms with Crippen LogP contribution in [0.1, 0.15) is 24.8 Å². The summed E-state index contributed by atoms with van der Waals surface area (Å²) in [5.74, 6) is 1.08. The first kappa shape index (κ1) is 15.3. The van der Waals surface area contributed by atoms with Crippen molar-refractivity contribution in [1.29, 1.82) is 0 Å². The van der Waals surface area contributed by atoms with Gasteiger partial charge in [0.2, 0.25) is 5.91 Å². The molecule has 2 aliphatic rings. The molecule has 2 aliphatic heterocycles. The normalized spacial score (nSPS) is 22.5. The minimum Gasteiger partial charge on any atom is -0.490 e. The fraction of sp³-hybridized carbons (Fsp3) is 0.588. The van der Waals surface area contributed by atoms with Gasteiger partial charge in [-0.1, -0.05) is 0 Å². The van der Waals surface area contributed by atoms with Crippen molar-refractivity contribution in [2.75, 3.05) is 31.6 Å². The molecule has 0 bridgehead atoms. The average Bonchev–Trinajstić information content (AvgIpc) is 3.05. The SMILES string of the molecule is Cc1cc(NC(=O)C2CCNC2)ccc1OC1CCOCC1. The highest BCUT2D eigenvalue weighted by molar-refractivity contribution is 5.93. The Morgan fingerprint density at radius 1 is 1.32 bits per heavy atom. The lowest BCUT2D eigenvalue weighted by Gasteiger charge is -2.24. The highest BCUT2D eigenvalue weighted by Gasteiger charge is 2.22. The summed E-state index contributed by atoms with van der Waals surface area (Å²) >= 11 is 0. The fourth-order valence-electron chi connectivity index (χ4n) is 2.96. The maximum absolute atomic E-state index is 12.1. The molecule has 1 unspecified atom stereocenters. The van der Waals surface area contributed by atoms with Crippen LogP contribution in [-0.4, -0.2) is 38.3 Å². The molecule has 2 heterocycles.